The van der Waals surface area contributed by atoms with Crippen LogP contribution in [0.15, 0.2) is 35.4 Å². The maximum absolute atomic E-state index is 12.6. The third-order valence-corrected chi connectivity index (χ3v) is 5.41. The van der Waals surface area contributed by atoms with E-state index in [1.165, 1.54) is 25.5 Å². The Morgan fingerprint density at radius 3 is 2.77 bits per heavy atom. The number of hydrogen-bond acceptors (Lipinski definition) is 5. The van der Waals surface area contributed by atoms with Crippen molar-refractivity contribution in [2.24, 2.45) is 0 Å². The quantitative estimate of drug-likeness (QED) is 0.905. The zero-order valence-electron chi connectivity index (χ0n) is 14.9. The number of aromatic amines is 1. The first-order valence-electron chi connectivity index (χ1n) is 9.19. The number of aromatic nitrogens is 3. The molecule has 2 aromatic heterocycles. The van der Waals surface area contributed by atoms with Crippen LogP contribution in [0.3, 0.4) is 0 Å². The van der Waals surface area contributed by atoms with Gasteiger partial charge in [0.25, 0.3) is 11.5 Å². The van der Waals surface area contributed by atoms with Gasteiger partial charge in [0, 0.05) is 37.6 Å². The standard InChI is InChI=1S/C19H23N5O2/c1-13-6-3-5-9-24(13)14-11-23(12-14)19(26)15-10-21-17(22-18(15)25)16-7-2-4-8-20-16/h2,4,7-8,10,13-14H,3,5-6,9,11-12H2,1H3,(H,21,22,25)/t13-/m0/s1. The summed E-state index contributed by atoms with van der Waals surface area (Å²) in [5.74, 6) is 0.128. The van der Waals surface area contributed by atoms with Crippen molar-refractivity contribution in [2.45, 2.75) is 38.3 Å². The lowest BCUT2D eigenvalue weighted by molar-refractivity contribution is 0.00200. The highest BCUT2D eigenvalue weighted by Gasteiger charge is 2.38. The average Bonchev–Trinajstić information content (AvgIpc) is 2.62. The SMILES string of the molecule is C[C@H]1CCCCN1C1CN(C(=O)c2cnc(-c3ccccn3)[nH]c2=O)C1. The number of likely N-dealkylation sites (tertiary alicyclic amines) is 2. The van der Waals surface area contributed by atoms with E-state index in [4.69, 9.17) is 0 Å². The number of piperidine rings is 1. The largest absolute Gasteiger partial charge is 0.335 e. The maximum atomic E-state index is 12.6. The molecule has 2 fully saturated rings. The Hall–Kier alpha value is -2.54. The molecule has 2 aromatic rings. The van der Waals surface area contributed by atoms with Crippen LogP contribution in [-0.2, 0) is 0 Å². The van der Waals surface area contributed by atoms with Gasteiger partial charge in [-0.25, -0.2) is 4.98 Å². The summed E-state index contributed by atoms with van der Waals surface area (Å²) in [6.07, 6.45) is 6.74. The van der Waals surface area contributed by atoms with E-state index in [9.17, 15) is 9.59 Å². The molecule has 2 aliphatic rings. The Labute approximate surface area is 152 Å². The Morgan fingerprint density at radius 2 is 2.08 bits per heavy atom. The fourth-order valence-electron chi connectivity index (χ4n) is 3.84. The highest BCUT2D eigenvalue weighted by Crippen LogP contribution is 2.25. The third kappa shape index (κ3) is 3.14. The minimum Gasteiger partial charge on any atom is -0.335 e. The molecular formula is C19H23N5O2. The molecule has 4 heterocycles. The minimum absolute atomic E-state index is 0.0924. The lowest BCUT2D eigenvalue weighted by Gasteiger charge is -2.49. The van der Waals surface area contributed by atoms with Crippen molar-refractivity contribution in [1.29, 1.82) is 0 Å². The van der Waals surface area contributed by atoms with Gasteiger partial charge in [-0.05, 0) is 38.4 Å². The van der Waals surface area contributed by atoms with Crippen LogP contribution >= 0.6 is 0 Å². The van der Waals surface area contributed by atoms with Crippen molar-refractivity contribution < 1.29 is 4.79 Å². The number of hydrogen-bond donors (Lipinski definition) is 1. The predicted molar refractivity (Wildman–Crippen MR) is 97.8 cm³/mol. The normalized spacial score (nSPS) is 21.4. The molecule has 0 aromatic carbocycles. The highest BCUT2D eigenvalue weighted by atomic mass is 16.2. The van der Waals surface area contributed by atoms with Gasteiger partial charge in [-0.15, -0.1) is 0 Å². The van der Waals surface area contributed by atoms with E-state index in [2.05, 4.69) is 26.8 Å². The van der Waals surface area contributed by atoms with Gasteiger partial charge in [-0.1, -0.05) is 12.5 Å². The molecule has 7 heteroatoms. The van der Waals surface area contributed by atoms with Gasteiger partial charge in [0.2, 0.25) is 0 Å². The van der Waals surface area contributed by atoms with Crippen LogP contribution in [0, 0.1) is 0 Å². The zero-order valence-corrected chi connectivity index (χ0v) is 14.9. The van der Waals surface area contributed by atoms with Gasteiger partial charge in [0.05, 0.1) is 0 Å². The molecule has 7 nitrogen and oxygen atoms in total. The van der Waals surface area contributed by atoms with Crippen molar-refractivity contribution >= 4 is 5.91 Å². The van der Waals surface area contributed by atoms with Gasteiger partial charge in [-0.2, -0.15) is 0 Å². The Morgan fingerprint density at radius 1 is 1.23 bits per heavy atom. The second-order valence-corrected chi connectivity index (χ2v) is 7.14. The molecule has 26 heavy (non-hydrogen) atoms. The van der Waals surface area contributed by atoms with Crippen LogP contribution in [0.25, 0.3) is 11.5 Å². The number of nitrogens with one attached hydrogen (secondary N) is 1. The molecule has 0 spiro atoms. The summed E-state index contributed by atoms with van der Waals surface area (Å²) in [4.78, 5) is 40.3. The first-order chi connectivity index (χ1) is 12.6. The van der Waals surface area contributed by atoms with Gasteiger partial charge in [-0.3, -0.25) is 19.5 Å². The van der Waals surface area contributed by atoms with E-state index < -0.39 is 5.56 Å². The fraction of sp³-hybridized carbons (Fsp3) is 0.474. The van der Waals surface area contributed by atoms with E-state index in [1.54, 1.807) is 23.2 Å². The minimum atomic E-state index is -0.416. The molecule has 1 atom stereocenters. The summed E-state index contributed by atoms with van der Waals surface area (Å²) in [6.45, 7) is 4.73. The molecule has 2 saturated heterocycles. The molecule has 0 saturated carbocycles. The van der Waals surface area contributed by atoms with E-state index in [0.29, 0.717) is 36.7 Å². The number of carbonyl (C=O) groups excluding carboxylic acids is 1. The molecule has 136 valence electrons. The summed E-state index contributed by atoms with van der Waals surface area (Å²) >= 11 is 0. The topological polar surface area (TPSA) is 82.2 Å². The summed E-state index contributed by atoms with van der Waals surface area (Å²) in [7, 11) is 0. The van der Waals surface area contributed by atoms with Crippen molar-refractivity contribution in [2.75, 3.05) is 19.6 Å². The molecule has 0 radical (unpaired) electrons. The maximum Gasteiger partial charge on any atom is 0.264 e. The van der Waals surface area contributed by atoms with Crippen LogP contribution in [0.5, 0.6) is 0 Å². The van der Waals surface area contributed by atoms with E-state index >= 15 is 0 Å². The fourth-order valence-corrected chi connectivity index (χ4v) is 3.84. The molecule has 0 unspecified atom stereocenters. The molecule has 2 aliphatic heterocycles. The summed E-state index contributed by atoms with van der Waals surface area (Å²) in [5.41, 5.74) is 0.252. The van der Waals surface area contributed by atoms with Gasteiger partial charge >= 0.3 is 0 Å². The van der Waals surface area contributed by atoms with Crippen LogP contribution in [0.4, 0.5) is 0 Å². The Kier molecular flexibility index (Phi) is 4.55. The second kappa shape index (κ2) is 6.99. The Bertz CT molecular complexity index is 845. The summed E-state index contributed by atoms with van der Waals surface area (Å²) in [6, 6.07) is 6.37. The third-order valence-electron chi connectivity index (χ3n) is 5.41. The highest BCUT2D eigenvalue weighted by molar-refractivity contribution is 5.94. The number of nitrogens with zero attached hydrogens (tertiary/aromatic N) is 4. The monoisotopic (exact) mass is 353 g/mol. The number of amides is 1. The summed E-state index contributed by atoms with van der Waals surface area (Å²) < 4.78 is 0. The van der Waals surface area contributed by atoms with E-state index in [0.717, 1.165) is 6.54 Å². The van der Waals surface area contributed by atoms with E-state index in [-0.39, 0.29) is 11.5 Å². The molecule has 4 rings (SSSR count). The van der Waals surface area contributed by atoms with Gasteiger partial charge in [0.15, 0.2) is 5.82 Å². The number of carbonyl (C=O) groups is 1. The number of H-pyrrole nitrogens is 1. The second-order valence-electron chi connectivity index (χ2n) is 7.14. The van der Waals surface area contributed by atoms with Gasteiger partial charge < -0.3 is 9.88 Å². The van der Waals surface area contributed by atoms with Crippen molar-refractivity contribution in [3.8, 4) is 11.5 Å². The van der Waals surface area contributed by atoms with Gasteiger partial charge in [0.1, 0.15) is 11.3 Å². The molecule has 1 N–H and O–H groups in total. The zero-order chi connectivity index (χ0) is 18.1. The molecular weight excluding hydrogens is 330 g/mol. The Balaban J connectivity index is 1.44. The lowest BCUT2D eigenvalue weighted by Crippen LogP contribution is -2.63. The van der Waals surface area contributed by atoms with Crippen LogP contribution in [0.2, 0.25) is 0 Å². The van der Waals surface area contributed by atoms with Crippen LogP contribution < -0.4 is 5.56 Å². The van der Waals surface area contributed by atoms with Crippen molar-refractivity contribution in [3.05, 3.63) is 46.5 Å². The first-order valence-corrected chi connectivity index (χ1v) is 9.19. The number of pyridine rings is 1. The van der Waals surface area contributed by atoms with Crippen molar-refractivity contribution in [1.82, 2.24) is 24.8 Å². The van der Waals surface area contributed by atoms with Crippen LogP contribution in [0.1, 0.15) is 36.5 Å². The predicted octanol–water partition coefficient (Wildman–Crippen LogP) is 1.53. The molecule has 0 aliphatic carbocycles. The molecule has 0 bridgehead atoms. The molecule has 1 amide bonds. The number of rotatable bonds is 3. The van der Waals surface area contributed by atoms with Crippen LogP contribution in [-0.4, -0.2) is 62.4 Å². The average molecular weight is 353 g/mol. The summed E-state index contributed by atoms with van der Waals surface area (Å²) in [5, 5.41) is 0. The van der Waals surface area contributed by atoms with Crippen molar-refractivity contribution in [3.63, 3.8) is 0 Å². The smallest absolute Gasteiger partial charge is 0.264 e. The van der Waals surface area contributed by atoms with E-state index in [1.807, 2.05) is 6.07 Å². The lowest BCUT2D eigenvalue weighted by atomic mass is 9.97. The first kappa shape index (κ1) is 16.9.